The van der Waals surface area contributed by atoms with Crippen molar-refractivity contribution in [3.63, 3.8) is 0 Å². The van der Waals surface area contributed by atoms with Gasteiger partial charge in [0.15, 0.2) is 5.69 Å². The lowest BCUT2D eigenvalue weighted by molar-refractivity contribution is -0.120. The molecule has 0 saturated carbocycles. The van der Waals surface area contributed by atoms with Gasteiger partial charge < -0.3 is 21.5 Å². The number of hydrogen-bond acceptors (Lipinski definition) is 6. The third kappa shape index (κ3) is 5.84. The molecule has 2 rings (SSSR count). The van der Waals surface area contributed by atoms with E-state index < -0.39 is 5.97 Å². The molecule has 1 fully saturated rings. The summed E-state index contributed by atoms with van der Waals surface area (Å²) in [5.74, 6) is -1.31. The van der Waals surface area contributed by atoms with Crippen molar-refractivity contribution in [1.82, 2.24) is 20.6 Å². The number of amides is 1. The fraction of sp³-hybridized carbons (Fsp3) is 0.538. The summed E-state index contributed by atoms with van der Waals surface area (Å²) in [6.07, 6.45) is 2.82. The number of aromatic carboxylic acids is 1. The van der Waals surface area contributed by atoms with Crippen LogP contribution < -0.4 is 16.4 Å². The molecule has 5 N–H and O–H groups in total. The maximum atomic E-state index is 10.7. The van der Waals surface area contributed by atoms with E-state index in [1.165, 1.54) is 12.4 Å². The van der Waals surface area contributed by atoms with E-state index in [1.807, 2.05) is 6.92 Å². The molecular formula is C13H23N5O3. The van der Waals surface area contributed by atoms with Gasteiger partial charge in [0.1, 0.15) is 6.04 Å². The number of carboxylic acids is 1. The highest BCUT2D eigenvalue weighted by Gasteiger charge is 2.24. The second kappa shape index (κ2) is 8.98. The molecule has 118 valence electrons. The van der Waals surface area contributed by atoms with E-state index in [-0.39, 0.29) is 31.1 Å². The Morgan fingerprint density at radius 1 is 1.29 bits per heavy atom. The number of piperazine rings is 1. The van der Waals surface area contributed by atoms with Crippen LogP contribution in [-0.4, -0.2) is 52.1 Å². The van der Waals surface area contributed by atoms with Gasteiger partial charge in [-0.05, 0) is 13.8 Å². The highest BCUT2D eigenvalue weighted by Crippen LogP contribution is 1.97. The van der Waals surface area contributed by atoms with Gasteiger partial charge in [-0.1, -0.05) is 7.43 Å². The van der Waals surface area contributed by atoms with Crippen molar-refractivity contribution < 1.29 is 14.7 Å². The first-order chi connectivity index (χ1) is 9.43. The van der Waals surface area contributed by atoms with E-state index in [0.29, 0.717) is 5.69 Å². The number of primary amides is 1. The Bertz CT molecular complexity index is 481. The topological polar surface area (TPSA) is 130 Å². The van der Waals surface area contributed by atoms with Crippen LogP contribution in [0.4, 0.5) is 0 Å². The molecule has 1 aromatic heterocycles. The van der Waals surface area contributed by atoms with Gasteiger partial charge >= 0.3 is 5.97 Å². The molecule has 8 nitrogen and oxygen atoms in total. The zero-order valence-corrected chi connectivity index (χ0v) is 11.5. The minimum Gasteiger partial charge on any atom is -0.476 e. The van der Waals surface area contributed by atoms with Gasteiger partial charge in [0.2, 0.25) is 5.91 Å². The zero-order chi connectivity index (χ0) is 15.1. The van der Waals surface area contributed by atoms with Crippen LogP contribution in [0.25, 0.3) is 0 Å². The van der Waals surface area contributed by atoms with E-state index in [1.54, 1.807) is 6.92 Å². The standard InChI is InChI=1S/C6H13N3O.C6H6N2O2.CH4/c1-4-5(6(7)10)9-3-2-8-4;1-4-5(6(9)10)8-3-2-7-4;/h4-5,8-9H,2-3H2,1H3,(H2,7,10);2-3H,1H3,(H,9,10);1H4. The lowest BCUT2D eigenvalue weighted by Crippen LogP contribution is -2.59. The molecule has 1 saturated heterocycles. The third-order valence-corrected chi connectivity index (χ3v) is 2.85. The first-order valence-corrected chi connectivity index (χ1v) is 6.20. The van der Waals surface area contributed by atoms with Crippen LogP contribution >= 0.6 is 0 Å². The molecule has 0 aliphatic carbocycles. The Labute approximate surface area is 124 Å². The Kier molecular flexibility index (Phi) is 8.10. The molecule has 2 atom stereocenters. The average molecular weight is 297 g/mol. The number of carbonyl (C=O) groups excluding carboxylic acids is 1. The van der Waals surface area contributed by atoms with E-state index in [2.05, 4.69) is 20.6 Å². The number of carbonyl (C=O) groups is 2. The van der Waals surface area contributed by atoms with Crippen LogP contribution in [0.2, 0.25) is 0 Å². The van der Waals surface area contributed by atoms with E-state index in [0.717, 1.165) is 13.1 Å². The van der Waals surface area contributed by atoms with Gasteiger partial charge in [0.05, 0.1) is 5.69 Å². The number of nitrogens with one attached hydrogen (secondary N) is 2. The van der Waals surface area contributed by atoms with Crippen LogP contribution in [0.15, 0.2) is 12.4 Å². The van der Waals surface area contributed by atoms with E-state index in [4.69, 9.17) is 10.8 Å². The van der Waals surface area contributed by atoms with Crippen molar-refractivity contribution in [3.05, 3.63) is 23.8 Å². The third-order valence-electron chi connectivity index (χ3n) is 2.85. The van der Waals surface area contributed by atoms with Crippen LogP contribution in [-0.2, 0) is 4.79 Å². The predicted molar refractivity (Wildman–Crippen MR) is 78.9 cm³/mol. The highest BCUT2D eigenvalue weighted by molar-refractivity contribution is 5.86. The minimum atomic E-state index is -1.04. The monoisotopic (exact) mass is 297 g/mol. The number of aryl methyl sites for hydroxylation is 1. The molecule has 21 heavy (non-hydrogen) atoms. The fourth-order valence-electron chi connectivity index (χ4n) is 1.79. The number of nitrogens with zero attached hydrogens (tertiary/aromatic N) is 2. The number of rotatable bonds is 2. The Morgan fingerprint density at radius 3 is 2.24 bits per heavy atom. The SMILES string of the molecule is C.CC1NCCNC1C(N)=O.Cc1nccnc1C(=O)O. The lowest BCUT2D eigenvalue weighted by atomic mass is 10.1. The van der Waals surface area contributed by atoms with Crippen molar-refractivity contribution in [3.8, 4) is 0 Å². The van der Waals surface area contributed by atoms with Gasteiger partial charge in [-0.25, -0.2) is 9.78 Å². The van der Waals surface area contributed by atoms with Crippen molar-refractivity contribution in [2.24, 2.45) is 5.73 Å². The summed E-state index contributed by atoms with van der Waals surface area (Å²) in [7, 11) is 0. The van der Waals surface area contributed by atoms with Crippen LogP contribution in [0.5, 0.6) is 0 Å². The Balaban J connectivity index is 0.000000364. The van der Waals surface area contributed by atoms with Gasteiger partial charge in [-0.2, -0.15) is 0 Å². The Hall–Kier alpha value is -2.06. The molecule has 0 bridgehead atoms. The molecular weight excluding hydrogens is 274 g/mol. The van der Waals surface area contributed by atoms with E-state index in [9.17, 15) is 9.59 Å². The second-order valence-electron chi connectivity index (χ2n) is 4.37. The molecule has 1 aromatic rings. The number of aromatic nitrogens is 2. The first-order valence-electron chi connectivity index (χ1n) is 6.20. The summed E-state index contributed by atoms with van der Waals surface area (Å²) in [6, 6.07) is -0.0417. The summed E-state index contributed by atoms with van der Waals surface area (Å²) in [5.41, 5.74) is 5.57. The molecule has 0 spiro atoms. The van der Waals surface area contributed by atoms with Crippen molar-refractivity contribution in [2.45, 2.75) is 33.4 Å². The number of hydrogen-bond donors (Lipinski definition) is 4. The van der Waals surface area contributed by atoms with Crippen molar-refractivity contribution >= 4 is 11.9 Å². The molecule has 8 heteroatoms. The van der Waals surface area contributed by atoms with Crippen molar-refractivity contribution in [2.75, 3.05) is 13.1 Å². The minimum absolute atomic E-state index is 0. The van der Waals surface area contributed by atoms with Gasteiger partial charge in [-0.3, -0.25) is 9.78 Å². The molecule has 2 unspecified atom stereocenters. The highest BCUT2D eigenvalue weighted by atomic mass is 16.4. The smallest absolute Gasteiger partial charge is 0.356 e. The largest absolute Gasteiger partial charge is 0.476 e. The predicted octanol–water partition coefficient (Wildman–Crippen LogP) is -0.459. The van der Waals surface area contributed by atoms with Crippen molar-refractivity contribution in [1.29, 1.82) is 0 Å². The maximum Gasteiger partial charge on any atom is 0.356 e. The summed E-state index contributed by atoms with van der Waals surface area (Å²) < 4.78 is 0. The summed E-state index contributed by atoms with van der Waals surface area (Å²) in [6.45, 7) is 5.28. The Morgan fingerprint density at radius 2 is 1.86 bits per heavy atom. The maximum absolute atomic E-state index is 10.7. The quantitative estimate of drug-likeness (QED) is 0.581. The van der Waals surface area contributed by atoms with Gasteiger partial charge in [0.25, 0.3) is 0 Å². The normalized spacial score (nSPS) is 20.5. The summed E-state index contributed by atoms with van der Waals surface area (Å²) in [4.78, 5) is 28.4. The van der Waals surface area contributed by atoms with Gasteiger partial charge in [-0.15, -0.1) is 0 Å². The lowest BCUT2D eigenvalue weighted by Gasteiger charge is -2.28. The molecule has 0 radical (unpaired) electrons. The molecule has 2 heterocycles. The fourth-order valence-corrected chi connectivity index (χ4v) is 1.79. The molecule has 0 aromatic carbocycles. The van der Waals surface area contributed by atoms with Crippen LogP contribution in [0.3, 0.4) is 0 Å². The molecule has 1 aliphatic heterocycles. The van der Waals surface area contributed by atoms with Crippen LogP contribution in [0, 0.1) is 6.92 Å². The second-order valence-corrected chi connectivity index (χ2v) is 4.37. The number of carboxylic acid groups (broad SMARTS) is 1. The van der Waals surface area contributed by atoms with Gasteiger partial charge in [0, 0.05) is 31.5 Å². The molecule has 1 amide bonds. The first kappa shape index (κ1) is 18.9. The molecule has 1 aliphatic rings. The van der Waals surface area contributed by atoms with E-state index >= 15 is 0 Å². The summed E-state index contributed by atoms with van der Waals surface area (Å²) >= 11 is 0. The summed E-state index contributed by atoms with van der Waals surface area (Å²) in [5, 5.41) is 14.6. The number of nitrogens with two attached hydrogens (primary N) is 1. The zero-order valence-electron chi connectivity index (χ0n) is 11.5. The van der Waals surface area contributed by atoms with Crippen LogP contribution in [0.1, 0.15) is 30.5 Å². The average Bonchev–Trinajstić information content (AvgIpc) is 2.40.